The summed E-state index contributed by atoms with van der Waals surface area (Å²) >= 11 is 5.75. The predicted octanol–water partition coefficient (Wildman–Crippen LogP) is 3.35. The van der Waals surface area contributed by atoms with Crippen molar-refractivity contribution < 1.29 is 0 Å². The van der Waals surface area contributed by atoms with E-state index in [0.717, 1.165) is 30.0 Å². The van der Waals surface area contributed by atoms with E-state index in [1.165, 1.54) is 11.9 Å². The Bertz CT molecular complexity index is 753. The zero-order valence-corrected chi connectivity index (χ0v) is 12.5. The van der Waals surface area contributed by atoms with E-state index in [2.05, 4.69) is 32.5 Å². The van der Waals surface area contributed by atoms with Crippen LogP contribution in [0.2, 0.25) is 0 Å². The number of hydrogen-bond acceptors (Lipinski definition) is 4. The number of nitrogens with zero attached hydrogens (tertiary/aromatic N) is 4. The highest BCUT2D eigenvalue weighted by Crippen LogP contribution is 2.19. The minimum absolute atomic E-state index is 0.593. The highest BCUT2D eigenvalue weighted by atomic mass is 35.5. The van der Waals surface area contributed by atoms with Crippen LogP contribution in [-0.2, 0) is 6.42 Å². The second-order valence-electron chi connectivity index (χ2n) is 4.87. The third-order valence-electron chi connectivity index (χ3n) is 3.18. The van der Waals surface area contributed by atoms with Gasteiger partial charge in [0.2, 0.25) is 0 Å². The highest BCUT2D eigenvalue weighted by molar-refractivity contribution is 6.17. The summed E-state index contributed by atoms with van der Waals surface area (Å²) in [6.07, 6.45) is 3.46. The van der Waals surface area contributed by atoms with E-state index in [0.29, 0.717) is 11.7 Å². The van der Waals surface area contributed by atoms with Gasteiger partial charge in [-0.25, -0.2) is 4.98 Å². The molecule has 2 aromatic heterocycles. The van der Waals surface area contributed by atoms with Crippen LogP contribution in [0.15, 0.2) is 36.7 Å². The van der Waals surface area contributed by atoms with Crippen molar-refractivity contribution in [2.45, 2.75) is 19.8 Å². The number of halogens is 1. The van der Waals surface area contributed by atoms with Crippen molar-refractivity contribution >= 4 is 28.9 Å². The molecule has 0 saturated carbocycles. The van der Waals surface area contributed by atoms with Crippen molar-refractivity contribution in [2.75, 3.05) is 11.2 Å². The molecule has 0 aliphatic carbocycles. The number of alkyl halides is 1. The standard InChI is InChI=1S/C15H16ClN5/c1-11-8-14(21-15(19-11)17-10-18-21)20-13-6-2-4-12(9-13)5-3-7-16/h2,4,6,8-10,20H,3,5,7H2,1H3. The second-order valence-corrected chi connectivity index (χ2v) is 5.25. The van der Waals surface area contributed by atoms with Crippen LogP contribution in [0.4, 0.5) is 11.5 Å². The van der Waals surface area contributed by atoms with E-state index in [1.54, 1.807) is 4.52 Å². The Morgan fingerprint density at radius 1 is 1.29 bits per heavy atom. The maximum atomic E-state index is 5.75. The Labute approximate surface area is 128 Å². The van der Waals surface area contributed by atoms with Gasteiger partial charge in [0.1, 0.15) is 12.1 Å². The number of aryl methyl sites for hydroxylation is 2. The first-order valence-electron chi connectivity index (χ1n) is 6.85. The van der Waals surface area contributed by atoms with E-state index in [-0.39, 0.29) is 0 Å². The molecule has 1 N–H and O–H groups in total. The van der Waals surface area contributed by atoms with Crippen LogP contribution < -0.4 is 5.32 Å². The molecule has 5 nitrogen and oxygen atoms in total. The quantitative estimate of drug-likeness (QED) is 0.734. The lowest BCUT2D eigenvalue weighted by molar-refractivity contribution is 0.926. The van der Waals surface area contributed by atoms with E-state index in [9.17, 15) is 0 Å². The van der Waals surface area contributed by atoms with Crippen LogP contribution >= 0.6 is 11.6 Å². The van der Waals surface area contributed by atoms with E-state index < -0.39 is 0 Å². The number of aromatic nitrogens is 4. The molecule has 0 saturated heterocycles. The number of fused-ring (bicyclic) bond motifs is 1. The fraction of sp³-hybridized carbons (Fsp3) is 0.267. The number of benzene rings is 1. The molecule has 3 aromatic rings. The first-order valence-corrected chi connectivity index (χ1v) is 7.39. The molecular weight excluding hydrogens is 286 g/mol. The van der Waals surface area contributed by atoms with Crippen molar-refractivity contribution in [2.24, 2.45) is 0 Å². The van der Waals surface area contributed by atoms with Crippen LogP contribution in [0.5, 0.6) is 0 Å². The number of nitrogens with one attached hydrogen (secondary N) is 1. The monoisotopic (exact) mass is 301 g/mol. The minimum atomic E-state index is 0.593. The molecule has 0 radical (unpaired) electrons. The molecule has 0 spiro atoms. The number of rotatable bonds is 5. The molecule has 6 heteroatoms. The lowest BCUT2D eigenvalue weighted by atomic mass is 10.1. The topological polar surface area (TPSA) is 55.1 Å². The zero-order chi connectivity index (χ0) is 14.7. The van der Waals surface area contributed by atoms with Crippen LogP contribution in [-0.4, -0.2) is 25.5 Å². The third kappa shape index (κ3) is 3.13. The molecular formula is C15H16ClN5. The Morgan fingerprint density at radius 2 is 2.19 bits per heavy atom. The van der Waals surface area contributed by atoms with Crippen molar-refractivity contribution in [3.05, 3.63) is 47.9 Å². The molecule has 0 unspecified atom stereocenters. The van der Waals surface area contributed by atoms with E-state index >= 15 is 0 Å². The van der Waals surface area contributed by atoms with Gasteiger partial charge in [-0.05, 0) is 37.5 Å². The van der Waals surface area contributed by atoms with Gasteiger partial charge < -0.3 is 5.32 Å². The van der Waals surface area contributed by atoms with Crippen LogP contribution in [0.1, 0.15) is 17.7 Å². The Balaban J connectivity index is 1.89. The average Bonchev–Trinajstić information content (AvgIpc) is 2.94. The molecule has 0 amide bonds. The van der Waals surface area contributed by atoms with Crippen molar-refractivity contribution in [3.8, 4) is 0 Å². The number of hydrogen-bond donors (Lipinski definition) is 1. The maximum absolute atomic E-state index is 5.75. The molecule has 2 heterocycles. The molecule has 108 valence electrons. The molecule has 21 heavy (non-hydrogen) atoms. The fourth-order valence-corrected chi connectivity index (χ4v) is 2.38. The Hall–Kier alpha value is -2.14. The summed E-state index contributed by atoms with van der Waals surface area (Å²) in [5, 5.41) is 7.57. The second kappa shape index (κ2) is 6.10. The number of anilines is 2. The predicted molar refractivity (Wildman–Crippen MR) is 84.3 cm³/mol. The lowest BCUT2D eigenvalue weighted by Gasteiger charge is -2.10. The molecule has 1 aromatic carbocycles. The van der Waals surface area contributed by atoms with Gasteiger partial charge in [0, 0.05) is 23.3 Å². The zero-order valence-electron chi connectivity index (χ0n) is 11.8. The van der Waals surface area contributed by atoms with Gasteiger partial charge >= 0.3 is 0 Å². The van der Waals surface area contributed by atoms with Gasteiger partial charge in [-0.1, -0.05) is 12.1 Å². The largest absolute Gasteiger partial charge is 0.340 e. The highest BCUT2D eigenvalue weighted by Gasteiger charge is 2.06. The summed E-state index contributed by atoms with van der Waals surface area (Å²) < 4.78 is 1.69. The summed E-state index contributed by atoms with van der Waals surface area (Å²) in [5.74, 6) is 2.13. The van der Waals surface area contributed by atoms with Gasteiger partial charge in [0.05, 0.1) is 0 Å². The molecule has 0 aliphatic rings. The minimum Gasteiger partial charge on any atom is -0.340 e. The Kier molecular flexibility index (Phi) is 4.01. The van der Waals surface area contributed by atoms with Crippen LogP contribution in [0, 0.1) is 6.92 Å². The average molecular weight is 302 g/mol. The van der Waals surface area contributed by atoms with Crippen molar-refractivity contribution in [1.29, 1.82) is 0 Å². The summed E-state index contributed by atoms with van der Waals surface area (Å²) in [7, 11) is 0. The SMILES string of the molecule is Cc1cc(Nc2cccc(CCCCl)c2)n2ncnc2n1. The summed E-state index contributed by atoms with van der Waals surface area (Å²) in [6, 6.07) is 10.3. The van der Waals surface area contributed by atoms with Gasteiger partial charge in [-0.2, -0.15) is 14.6 Å². The fourth-order valence-electron chi connectivity index (χ4n) is 2.24. The van der Waals surface area contributed by atoms with E-state index in [4.69, 9.17) is 11.6 Å². The van der Waals surface area contributed by atoms with Gasteiger partial charge in [-0.3, -0.25) is 0 Å². The third-order valence-corrected chi connectivity index (χ3v) is 3.45. The summed E-state index contributed by atoms with van der Waals surface area (Å²) in [6.45, 7) is 1.94. The van der Waals surface area contributed by atoms with E-state index in [1.807, 2.05) is 25.1 Å². The summed E-state index contributed by atoms with van der Waals surface area (Å²) in [4.78, 5) is 8.46. The van der Waals surface area contributed by atoms with Crippen LogP contribution in [0.25, 0.3) is 5.78 Å². The van der Waals surface area contributed by atoms with Crippen LogP contribution in [0.3, 0.4) is 0 Å². The first-order chi connectivity index (χ1) is 10.3. The molecule has 0 fully saturated rings. The maximum Gasteiger partial charge on any atom is 0.254 e. The Morgan fingerprint density at radius 3 is 3.05 bits per heavy atom. The summed E-state index contributed by atoms with van der Waals surface area (Å²) in [5.41, 5.74) is 3.18. The van der Waals surface area contributed by atoms with Gasteiger partial charge in [0.25, 0.3) is 5.78 Å². The smallest absolute Gasteiger partial charge is 0.254 e. The normalized spacial score (nSPS) is 11.0. The molecule has 0 atom stereocenters. The first kappa shape index (κ1) is 13.8. The van der Waals surface area contributed by atoms with Gasteiger partial charge in [0.15, 0.2) is 0 Å². The molecule has 0 bridgehead atoms. The molecule has 0 aliphatic heterocycles. The van der Waals surface area contributed by atoms with Crippen molar-refractivity contribution in [3.63, 3.8) is 0 Å². The molecule has 3 rings (SSSR count). The van der Waals surface area contributed by atoms with Gasteiger partial charge in [-0.15, -0.1) is 11.6 Å². The lowest BCUT2D eigenvalue weighted by Crippen LogP contribution is -2.03. The van der Waals surface area contributed by atoms with Crippen molar-refractivity contribution in [1.82, 2.24) is 19.6 Å².